The minimum atomic E-state index is -0.461. The van der Waals surface area contributed by atoms with Crippen molar-refractivity contribution in [1.29, 1.82) is 0 Å². The maximum atomic E-state index is 12.1. The first-order valence-corrected chi connectivity index (χ1v) is 8.64. The number of nitrogens with zero attached hydrogens (tertiary/aromatic N) is 2. The van der Waals surface area contributed by atoms with Gasteiger partial charge in [-0.2, -0.15) is 8.75 Å². The molecule has 3 aromatic rings. The highest BCUT2D eigenvalue weighted by atomic mass is 32.1. The summed E-state index contributed by atoms with van der Waals surface area (Å²) in [5, 5.41) is 0. The normalized spacial score (nSPS) is 16.0. The number of ether oxygens (including phenoxy) is 3. The van der Waals surface area contributed by atoms with Crippen LogP contribution in [0.15, 0.2) is 36.4 Å². The first-order valence-electron chi connectivity index (χ1n) is 7.91. The Morgan fingerprint density at radius 2 is 2.19 bits per heavy atom. The summed E-state index contributed by atoms with van der Waals surface area (Å²) in [6.45, 7) is -0.177. The van der Waals surface area contributed by atoms with Gasteiger partial charge in [-0.3, -0.25) is 4.79 Å². The van der Waals surface area contributed by atoms with Gasteiger partial charge >= 0.3 is 11.9 Å². The summed E-state index contributed by atoms with van der Waals surface area (Å²) in [4.78, 5) is 23.3. The molecule has 1 atom stereocenters. The number of aromatic nitrogens is 2. The van der Waals surface area contributed by atoms with Crippen molar-refractivity contribution in [2.24, 2.45) is 0 Å². The molecule has 0 spiro atoms. The summed E-state index contributed by atoms with van der Waals surface area (Å²) in [7, 11) is 1.31. The van der Waals surface area contributed by atoms with Crippen molar-refractivity contribution in [3.8, 4) is 11.5 Å². The van der Waals surface area contributed by atoms with E-state index in [9.17, 15) is 9.59 Å². The standard InChI is InChI=1S/C18H14N2O5S/c1-23-16(22)9-24-11-4-2-3-10(7-11)12-8-15(21)25-14-6-5-13-18(17(12)14)20-26-19-13/h2-7,12H,8-9H2,1H3. The quantitative estimate of drug-likeness (QED) is 0.515. The minimum Gasteiger partial charge on any atom is -0.482 e. The molecule has 0 radical (unpaired) electrons. The number of rotatable bonds is 4. The molecule has 2 heterocycles. The van der Waals surface area contributed by atoms with Gasteiger partial charge in [0.2, 0.25) is 0 Å². The topological polar surface area (TPSA) is 87.6 Å². The Labute approximate surface area is 152 Å². The van der Waals surface area contributed by atoms with Gasteiger partial charge in [0, 0.05) is 11.5 Å². The molecular weight excluding hydrogens is 356 g/mol. The number of fused-ring (bicyclic) bond motifs is 3. The molecule has 0 saturated carbocycles. The van der Waals surface area contributed by atoms with Crippen LogP contribution in [-0.2, 0) is 14.3 Å². The number of esters is 2. The lowest BCUT2D eigenvalue weighted by Gasteiger charge is -2.25. The Bertz CT molecular complexity index is 1000. The zero-order valence-electron chi connectivity index (χ0n) is 13.8. The van der Waals surface area contributed by atoms with Crippen LogP contribution in [0.5, 0.6) is 11.5 Å². The molecule has 26 heavy (non-hydrogen) atoms. The second-order valence-electron chi connectivity index (χ2n) is 5.78. The fourth-order valence-electron chi connectivity index (χ4n) is 3.02. The van der Waals surface area contributed by atoms with E-state index in [0.29, 0.717) is 11.5 Å². The number of hydrogen-bond donors (Lipinski definition) is 0. The largest absolute Gasteiger partial charge is 0.482 e. The summed E-state index contributed by atoms with van der Waals surface area (Å²) in [5.41, 5.74) is 3.24. The highest BCUT2D eigenvalue weighted by Gasteiger charge is 2.31. The molecule has 132 valence electrons. The van der Waals surface area contributed by atoms with E-state index in [4.69, 9.17) is 9.47 Å². The third-order valence-electron chi connectivity index (χ3n) is 4.21. The molecule has 0 saturated heterocycles. The minimum absolute atomic E-state index is 0.177. The lowest BCUT2D eigenvalue weighted by molar-refractivity contribution is -0.143. The Hall–Kier alpha value is -3.00. The highest BCUT2D eigenvalue weighted by Crippen LogP contribution is 2.42. The maximum Gasteiger partial charge on any atom is 0.343 e. The van der Waals surface area contributed by atoms with E-state index in [0.717, 1.165) is 33.9 Å². The molecule has 4 rings (SSSR count). The third kappa shape index (κ3) is 2.99. The van der Waals surface area contributed by atoms with Crippen molar-refractivity contribution in [2.75, 3.05) is 13.7 Å². The van der Waals surface area contributed by atoms with E-state index in [1.165, 1.54) is 7.11 Å². The van der Waals surface area contributed by atoms with Crippen LogP contribution in [0.4, 0.5) is 0 Å². The van der Waals surface area contributed by atoms with Crippen LogP contribution in [-0.4, -0.2) is 34.4 Å². The monoisotopic (exact) mass is 370 g/mol. The van der Waals surface area contributed by atoms with Crippen LogP contribution in [0.1, 0.15) is 23.5 Å². The second-order valence-corrected chi connectivity index (χ2v) is 6.31. The fraction of sp³-hybridized carbons (Fsp3) is 0.222. The molecule has 0 aliphatic carbocycles. The summed E-state index contributed by atoms with van der Waals surface area (Å²) >= 11 is 1.12. The van der Waals surface area contributed by atoms with Crippen molar-refractivity contribution in [3.05, 3.63) is 47.5 Å². The summed E-state index contributed by atoms with van der Waals surface area (Å²) in [6.07, 6.45) is 0.199. The Morgan fingerprint density at radius 3 is 3.04 bits per heavy atom. The molecule has 8 heteroatoms. The number of hydrogen-bond acceptors (Lipinski definition) is 8. The van der Waals surface area contributed by atoms with Gasteiger partial charge in [-0.15, -0.1) is 0 Å². The molecule has 7 nitrogen and oxygen atoms in total. The average molecular weight is 370 g/mol. The number of benzene rings is 2. The number of carbonyl (C=O) groups is 2. The maximum absolute atomic E-state index is 12.1. The van der Waals surface area contributed by atoms with Gasteiger partial charge in [0.15, 0.2) is 6.61 Å². The Balaban J connectivity index is 1.73. The van der Waals surface area contributed by atoms with Crippen LogP contribution in [0.3, 0.4) is 0 Å². The van der Waals surface area contributed by atoms with Gasteiger partial charge < -0.3 is 14.2 Å². The first kappa shape index (κ1) is 16.5. The molecule has 0 fully saturated rings. The lowest BCUT2D eigenvalue weighted by Crippen LogP contribution is -2.21. The van der Waals surface area contributed by atoms with Crippen LogP contribution in [0.2, 0.25) is 0 Å². The smallest absolute Gasteiger partial charge is 0.343 e. The predicted molar refractivity (Wildman–Crippen MR) is 93.5 cm³/mol. The fourth-order valence-corrected chi connectivity index (χ4v) is 3.57. The average Bonchev–Trinajstić information content (AvgIpc) is 3.14. The molecule has 0 N–H and O–H groups in total. The van der Waals surface area contributed by atoms with Crippen LogP contribution >= 0.6 is 11.7 Å². The predicted octanol–water partition coefficient (Wildman–Crippen LogP) is 2.68. The van der Waals surface area contributed by atoms with Crippen molar-refractivity contribution in [1.82, 2.24) is 8.75 Å². The number of carbonyl (C=O) groups excluding carboxylic acids is 2. The van der Waals surface area contributed by atoms with Crippen LogP contribution < -0.4 is 9.47 Å². The van der Waals surface area contributed by atoms with Gasteiger partial charge in [-0.05, 0) is 29.8 Å². The SMILES string of the molecule is COC(=O)COc1cccc(C2CC(=O)Oc3ccc4nsnc4c32)c1. The van der Waals surface area contributed by atoms with Crippen molar-refractivity contribution in [3.63, 3.8) is 0 Å². The van der Waals surface area contributed by atoms with E-state index < -0.39 is 5.97 Å². The Kier molecular flexibility index (Phi) is 4.26. The van der Waals surface area contributed by atoms with E-state index in [1.807, 2.05) is 18.2 Å². The van der Waals surface area contributed by atoms with Crippen molar-refractivity contribution >= 4 is 34.7 Å². The van der Waals surface area contributed by atoms with Crippen LogP contribution in [0.25, 0.3) is 11.0 Å². The van der Waals surface area contributed by atoms with Gasteiger partial charge in [0.05, 0.1) is 25.3 Å². The molecule has 0 bridgehead atoms. The number of methoxy groups -OCH3 is 1. The first-order chi connectivity index (χ1) is 12.7. The van der Waals surface area contributed by atoms with Gasteiger partial charge in [0.25, 0.3) is 0 Å². The zero-order chi connectivity index (χ0) is 18.1. The van der Waals surface area contributed by atoms with E-state index in [2.05, 4.69) is 13.5 Å². The second kappa shape index (κ2) is 6.72. The van der Waals surface area contributed by atoms with E-state index >= 15 is 0 Å². The zero-order valence-corrected chi connectivity index (χ0v) is 14.6. The van der Waals surface area contributed by atoms with Gasteiger partial charge in [-0.1, -0.05) is 12.1 Å². The molecule has 2 aromatic carbocycles. The lowest BCUT2D eigenvalue weighted by atomic mass is 9.85. The van der Waals surface area contributed by atoms with Gasteiger partial charge in [-0.25, -0.2) is 4.79 Å². The van der Waals surface area contributed by atoms with E-state index in [-0.39, 0.29) is 24.9 Å². The highest BCUT2D eigenvalue weighted by molar-refractivity contribution is 7.00. The summed E-state index contributed by atoms with van der Waals surface area (Å²) in [5.74, 6) is 0.0491. The Morgan fingerprint density at radius 1 is 1.31 bits per heavy atom. The summed E-state index contributed by atoms with van der Waals surface area (Å²) in [6, 6.07) is 10.8. The van der Waals surface area contributed by atoms with Crippen molar-refractivity contribution < 1.29 is 23.8 Å². The van der Waals surface area contributed by atoms with Gasteiger partial charge in [0.1, 0.15) is 22.5 Å². The van der Waals surface area contributed by atoms with Crippen LogP contribution in [0, 0.1) is 0 Å². The molecular formula is C18H14N2O5S. The molecule has 0 amide bonds. The molecule has 1 aliphatic rings. The van der Waals surface area contributed by atoms with E-state index in [1.54, 1.807) is 18.2 Å². The molecule has 1 aliphatic heterocycles. The summed E-state index contributed by atoms with van der Waals surface area (Å²) < 4.78 is 24.1. The molecule has 1 aromatic heterocycles. The van der Waals surface area contributed by atoms with Crippen molar-refractivity contribution in [2.45, 2.75) is 12.3 Å². The molecule has 1 unspecified atom stereocenters. The third-order valence-corrected chi connectivity index (χ3v) is 4.76.